The van der Waals surface area contributed by atoms with Gasteiger partial charge in [-0.3, -0.25) is 9.59 Å². The van der Waals surface area contributed by atoms with E-state index in [0.717, 1.165) is 41.6 Å². The number of sulfone groups is 1. The molecule has 1 fully saturated rings. The number of carbonyl (C=O) groups excluding carboxylic acids is 2. The van der Waals surface area contributed by atoms with E-state index in [1.165, 1.54) is 0 Å². The highest BCUT2D eigenvalue weighted by molar-refractivity contribution is 7.92. The van der Waals surface area contributed by atoms with E-state index in [0.29, 0.717) is 13.1 Å². The zero-order valence-electron chi connectivity index (χ0n) is 16.5. The number of amides is 2. The molecule has 2 amide bonds. The molecular formula is C20H30N2O4S. The van der Waals surface area contributed by atoms with E-state index in [1.54, 1.807) is 4.90 Å². The fourth-order valence-electron chi connectivity index (χ4n) is 3.53. The molecule has 1 N–H and O–H groups in total. The predicted molar refractivity (Wildman–Crippen MR) is 108 cm³/mol. The molecule has 1 aromatic rings. The second-order valence-corrected chi connectivity index (χ2v) is 9.64. The van der Waals surface area contributed by atoms with E-state index in [9.17, 15) is 18.0 Å². The van der Waals surface area contributed by atoms with Gasteiger partial charge in [-0.05, 0) is 57.6 Å². The Bertz CT molecular complexity index is 773. The van der Waals surface area contributed by atoms with Gasteiger partial charge in [0.15, 0.2) is 9.84 Å². The third-order valence-electron chi connectivity index (χ3n) is 4.85. The Kier molecular flexibility index (Phi) is 7.41. The molecule has 0 unspecified atom stereocenters. The van der Waals surface area contributed by atoms with Crippen LogP contribution in [0.15, 0.2) is 12.1 Å². The van der Waals surface area contributed by atoms with Gasteiger partial charge in [0, 0.05) is 25.2 Å². The third kappa shape index (κ3) is 6.65. The van der Waals surface area contributed by atoms with E-state index in [4.69, 9.17) is 0 Å². The number of likely N-dealkylation sites (tertiary alicyclic amines) is 1. The van der Waals surface area contributed by atoms with E-state index in [2.05, 4.69) is 5.32 Å². The highest BCUT2D eigenvalue weighted by Crippen LogP contribution is 2.22. The van der Waals surface area contributed by atoms with Crippen LogP contribution < -0.4 is 5.32 Å². The van der Waals surface area contributed by atoms with Crippen molar-refractivity contribution >= 4 is 27.3 Å². The molecule has 0 atom stereocenters. The van der Waals surface area contributed by atoms with Gasteiger partial charge in [0.25, 0.3) is 0 Å². The van der Waals surface area contributed by atoms with Crippen LogP contribution in [-0.2, 0) is 19.4 Å². The smallest absolute Gasteiger partial charge is 0.237 e. The lowest BCUT2D eigenvalue weighted by atomic mass is 10.0. The van der Waals surface area contributed by atoms with Crippen LogP contribution in [0.1, 0.15) is 48.8 Å². The van der Waals surface area contributed by atoms with Gasteiger partial charge in [-0.2, -0.15) is 0 Å². The number of rotatable bonds is 7. The van der Waals surface area contributed by atoms with Crippen LogP contribution >= 0.6 is 0 Å². The Morgan fingerprint density at radius 2 is 1.63 bits per heavy atom. The summed E-state index contributed by atoms with van der Waals surface area (Å²) in [6.07, 6.45) is 3.29. The van der Waals surface area contributed by atoms with Crippen LogP contribution in [0.25, 0.3) is 0 Å². The second-order valence-electron chi connectivity index (χ2n) is 7.46. The number of anilines is 1. The minimum absolute atomic E-state index is 0.115. The average Bonchev–Trinajstić information content (AvgIpc) is 2.58. The number of hydrogen-bond donors (Lipinski definition) is 1. The molecule has 1 aliphatic rings. The standard InChI is InChI=1S/C20H30N2O4S/c1-15-12-16(2)20(17(3)13-15)21-18(23)8-7-11-27(25,26)14-19(24)22-9-5-4-6-10-22/h12-13H,4-11,14H2,1-3H3,(H,21,23). The van der Waals surface area contributed by atoms with Gasteiger partial charge in [0.05, 0.1) is 5.75 Å². The monoisotopic (exact) mass is 394 g/mol. The predicted octanol–water partition coefficient (Wildman–Crippen LogP) is 2.76. The molecule has 7 heteroatoms. The molecule has 0 aromatic heterocycles. The summed E-state index contributed by atoms with van der Waals surface area (Å²) in [4.78, 5) is 25.9. The quantitative estimate of drug-likeness (QED) is 0.771. The maximum Gasteiger partial charge on any atom is 0.237 e. The summed E-state index contributed by atoms with van der Waals surface area (Å²) in [6, 6.07) is 4.00. The summed E-state index contributed by atoms with van der Waals surface area (Å²) in [5.41, 5.74) is 3.89. The topological polar surface area (TPSA) is 83.5 Å². The van der Waals surface area contributed by atoms with Gasteiger partial charge in [-0.25, -0.2) is 8.42 Å². The molecule has 1 aliphatic heterocycles. The summed E-state index contributed by atoms with van der Waals surface area (Å²) < 4.78 is 24.4. The fourth-order valence-corrected chi connectivity index (χ4v) is 4.81. The normalized spacial score (nSPS) is 14.9. The molecule has 2 rings (SSSR count). The molecule has 1 saturated heterocycles. The Labute approximate surface area is 162 Å². The summed E-state index contributed by atoms with van der Waals surface area (Å²) in [5.74, 6) is -1.12. The Morgan fingerprint density at radius 1 is 1.04 bits per heavy atom. The highest BCUT2D eigenvalue weighted by Gasteiger charge is 2.23. The Hall–Kier alpha value is -1.89. The number of benzene rings is 1. The minimum atomic E-state index is -3.49. The first-order valence-electron chi connectivity index (χ1n) is 9.54. The van der Waals surface area contributed by atoms with Crippen molar-refractivity contribution in [3.63, 3.8) is 0 Å². The van der Waals surface area contributed by atoms with Crippen molar-refractivity contribution in [3.8, 4) is 0 Å². The third-order valence-corrected chi connectivity index (χ3v) is 6.45. The van der Waals surface area contributed by atoms with Crippen molar-refractivity contribution in [2.45, 2.75) is 52.9 Å². The number of carbonyl (C=O) groups is 2. The van der Waals surface area contributed by atoms with Gasteiger partial charge >= 0.3 is 0 Å². The highest BCUT2D eigenvalue weighted by atomic mass is 32.2. The van der Waals surface area contributed by atoms with Gasteiger partial charge in [0.2, 0.25) is 11.8 Å². The average molecular weight is 395 g/mol. The Morgan fingerprint density at radius 3 is 2.22 bits per heavy atom. The molecule has 150 valence electrons. The summed E-state index contributed by atoms with van der Waals surface area (Å²) in [6.45, 7) is 7.16. The zero-order chi connectivity index (χ0) is 20.0. The molecule has 6 nitrogen and oxygen atoms in total. The van der Waals surface area contributed by atoms with Crippen molar-refractivity contribution in [2.24, 2.45) is 0 Å². The van der Waals surface area contributed by atoms with Crippen molar-refractivity contribution in [2.75, 3.05) is 29.9 Å². The molecule has 27 heavy (non-hydrogen) atoms. The SMILES string of the molecule is Cc1cc(C)c(NC(=O)CCCS(=O)(=O)CC(=O)N2CCCCC2)c(C)c1. The van der Waals surface area contributed by atoms with Gasteiger partial charge in [-0.15, -0.1) is 0 Å². The number of piperidine rings is 1. The van der Waals surface area contributed by atoms with Crippen LogP contribution in [0.3, 0.4) is 0 Å². The number of nitrogens with zero attached hydrogens (tertiary/aromatic N) is 1. The lowest BCUT2D eigenvalue weighted by Gasteiger charge is -2.26. The first-order chi connectivity index (χ1) is 12.7. The molecule has 0 aliphatic carbocycles. The van der Waals surface area contributed by atoms with Crippen molar-refractivity contribution < 1.29 is 18.0 Å². The number of aryl methyl sites for hydroxylation is 3. The first-order valence-corrected chi connectivity index (χ1v) is 11.4. The lowest BCUT2D eigenvalue weighted by Crippen LogP contribution is -2.39. The summed E-state index contributed by atoms with van der Waals surface area (Å²) >= 11 is 0. The van der Waals surface area contributed by atoms with Crippen LogP contribution in [0.5, 0.6) is 0 Å². The second kappa shape index (κ2) is 9.35. The molecule has 0 saturated carbocycles. The summed E-state index contributed by atoms with van der Waals surface area (Å²) in [5, 5.41) is 2.88. The van der Waals surface area contributed by atoms with Crippen LogP contribution in [0.2, 0.25) is 0 Å². The molecule has 0 radical (unpaired) electrons. The lowest BCUT2D eigenvalue weighted by molar-refractivity contribution is -0.129. The van der Waals surface area contributed by atoms with Gasteiger partial charge in [-0.1, -0.05) is 17.7 Å². The van der Waals surface area contributed by atoms with Crippen LogP contribution in [0.4, 0.5) is 5.69 Å². The van der Waals surface area contributed by atoms with Crippen molar-refractivity contribution in [1.82, 2.24) is 4.90 Å². The number of nitrogens with one attached hydrogen (secondary N) is 1. The number of hydrogen-bond acceptors (Lipinski definition) is 4. The van der Waals surface area contributed by atoms with Crippen LogP contribution in [0, 0.1) is 20.8 Å². The van der Waals surface area contributed by atoms with Gasteiger partial charge in [0.1, 0.15) is 5.75 Å². The first kappa shape index (κ1) is 21.4. The maximum atomic E-state index is 12.2. The maximum absolute atomic E-state index is 12.2. The van der Waals surface area contributed by atoms with Crippen molar-refractivity contribution in [3.05, 3.63) is 28.8 Å². The summed E-state index contributed by atoms with van der Waals surface area (Å²) in [7, 11) is -3.49. The molecular weight excluding hydrogens is 364 g/mol. The molecule has 0 spiro atoms. The molecule has 0 bridgehead atoms. The minimum Gasteiger partial charge on any atom is -0.342 e. The van der Waals surface area contributed by atoms with E-state index in [1.807, 2.05) is 32.9 Å². The van der Waals surface area contributed by atoms with E-state index < -0.39 is 15.6 Å². The molecule has 1 aromatic carbocycles. The van der Waals surface area contributed by atoms with Gasteiger partial charge < -0.3 is 10.2 Å². The van der Waals surface area contributed by atoms with Crippen molar-refractivity contribution in [1.29, 1.82) is 0 Å². The Balaban J connectivity index is 1.80. The largest absolute Gasteiger partial charge is 0.342 e. The van der Waals surface area contributed by atoms with Crippen LogP contribution in [-0.4, -0.2) is 49.7 Å². The molecule has 1 heterocycles. The zero-order valence-corrected chi connectivity index (χ0v) is 17.3. The fraction of sp³-hybridized carbons (Fsp3) is 0.600. The van der Waals surface area contributed by atoms with E-state index >= 15 is 0 Å². The van der Waals surface area contributed by atoms with E-state index in [-0.39, 0.29) is 30.4 Å².